The summed E-state index contributed by atoms with van der Waals surface area (Å²) in [5.74, 6) is 1.34. The maximum absolute atomic E-state index is 3.85. The average Bonchev–Trinajstić information content (AvgIpc) is 2.07. The molecule has 2 heteroatoms. The SMILES string of the molecule is [CH2-]CCCSC1CCCCC1.[Li+]. The van der Waals surface area contributed by atoms with Crippen LogP contribution in [-0.2, 0) is 0 Å². The molecule has 1 aliphatic carbocycles. The molecule has 0 heterocycles. The van der Waals surface area contributed by atoms with Gasteiger partial charge in [0.05, 0.1) is 0 Å². The molecule has 1 fully saturated rings. The summed E-state index contributed by atoms with van der Waals surface area (Å²) in [6.07, 6.45) is 9.79. The van der Waals surface area contributed by atoms with Crippen LogP contribution in [0, 0.1) is 6.92 Å². The molecule has 0 saturated heterocycles. The number of thioether (sulfide) groups is 1. The van der Waals surface area contributed by atoms with Crippen LogP contribution in [0.15, 0.2) is 0 Å². The van der Waals surface area contributed by atoms with E-state index in [2.05, 4.69) is 18.7 Å². The van der Waals surface area contributed by atoms with Gasteiger partial charge in [-0.1, -0.05) is 25.7 Å². The van der Waals surface area contributed by atoms with Crippen LogP contribution in [0.25, 0.3) is 0 Å². The second-order valence-electron chi connectivity index (χ2n) is 3.34. The zero-order chi connectivity index (χ0) is 7.94. The van der Waals surface area contributed by atoms with E-state index >= 15 is 0 Å². The fraction of sp³-hybridized carbons (Fsp3) is 0.900. The minimum absolute atomic E-state index is 0. The smallest absolute Gasteiger partial charge is 0.343 e. The zero-order valence-electron chi connectivity index (χ0n) is 8.35. The Kier molecular flexibility index (Phi) is 9.22. The maximum Gasteiger partial charge on any atom is 1.00 e. The number of rotatable bonds is 4. The van der Waals surface area contributed by atoms with E-state index in [1.165, 1.54) is 44.3 Å². The topological polar surface area (TPSA) is 0 Å². The summed E-state index contributed by atoms with van der Waals surface area (Å²) in [5, 5.41) is 0.996. The second-order valence-corrected chi connectivity index (χ2v) is 4.75. The molecule has 0 aromatic heterocycles. The minimum Gasteiger partial charge on any atom is -0.343 e. The molecule has 1 rings (SSSR count). The summed E-state index contributed by atoms with van der Waals surface area (Å²) in [7, 11) is 0. The summed E-state index contributed by atoms with van der Waals surface area (Å²) in [5.41, 5.74) is 0. The molecule has 0 radical (unpaired) electrons. The van der Waals surface area contributed by atoms with Gasteiger partial charge in [0.1, 0.15) is 0 Å². The number of hydrogen-bond donors (Lipinski definition) is 0. The molecule has 0 aromatic rings. The Labute approximate surface area is 93.4 Å². The van der Waals surface area contributed by atoms with E-state index in [9.17, 15) is 0 Å². The van der Waals surface area contributed by atoms with E-state index in [4.69, 9.17) is 0 Å². The van der Waals surface area contributed by atoms with Crippen molar-refractivity contribution in [3.05, 3.63) is 6.92 Å². The molecular formula is C10H19LiS. The monoisotopic (exact) mass is 178 g/mol. The molecule has 0 atom stereocenters. The van der Waals surface area contributed by atoms with Crippen LogP contribution in [0.3, 0.4) is 0 Å². The van der Waals surface area contributed by atoms with Gasteiger partial charge in [-0.3, -0.25) is 0 Å². The van der Waals surface area contributed by atoms with Gasteiger partial charge in [-0.15, -0.1) is 0 Å². The molecular weight excluding hydrogens is 159 g/mol. The molecule has 0 aromatic carbocycles. The largest absolute Gasteiger partial charge is 1.00 e. The first-order valence-corrected chi connectivity index (χ1v) is 5.89. The van der Waals surface area contributed by atoms with Gasteiger partial charge in [0.2, 0.25) is 0 Å². The Hall–Kier alpha value is 0.947. The third kappa shape index (κ3) is 5.57. The van der Waals surface area contributed by atoms with E-state index in [1.54, 1.807) is 0 Å². The van der Waals surface area contributed by atoms with Gasteiger partial charge < -0.3 is 6.92 Å². The van der Waals surface area contributed by atoms with Gasteiger partial charge in [0, 0.05) is 5.25 Å². The van der Waals surface area contributed by atoms with Crippen LogP contribution in [0.2, 0.25) is 0 Å². The van der Waals surface area contributed by atoms with Crippen LogP contribution in [0.4, 0.5) is 0 Å². The molecule has 1 aliphatic rings. The van der Waals surface area contributed by atoms with Gasteiger partial charge in [-0.05, 0) is 18.6 Å². The van der Waals surface area contributed by atoms with Crippen molar-refractivity contribution in [3.8, 4) is 0 Å². The van der Waals surface area contributed by atoms with E-state index < -0.39 is 0 Å². The van der Waals surface area contributed by atoms with Crippen molar-refractivity contribution < 1.29 is 18.9 Å². The third-order valence-electron chi connectivity index (χ3n) is 2.30. The van der Waals surface area contributed by atoms with Gasteiger partial charge >= 0.3 is 18.9 Å². The van der Waals surface area contributed by atoms with Crippen LogP contribution in [-0.4, -0.2) is 11.0 Å². The Morgan fingerprint density at radius 2 is 1.83 bits per heavy atom. The first-order valence-electron chi connectivity index (χ1n) is 4.84. The molecule has 0 nitrogen and oxygen atoms in total. The summed E-state index contributed by atoms with van der Waals surface area (Å²) < 4.78 is 0. The molecule has 0 amide bonds. The minimum atomic E-state index is 0. The summed E-state index contributed by atoms with van der Waals surface area (Å²) in [4.78, 5) is 0. The Balaban J connectivity index is 0.00000121. The number of unbranched alkanes of at least 4 members (excludes halogenated alkanes) is 1. The van der Waals surface area contributed by atoms with Gasteiger partial charge in [0.25, 0.3) is 0 Å². The van der Waals surface area contributed by atoms with Crippen LogP contribution < -0.4 is 18.9 Å². The predicted molar refractivity (Wildman–Crippen MR) is 53.9 cm³/mol. The van der Waals surface area contributed by atoms with Gasteiger partial charge in [0.15, 0.2) is 0 Å². The van der Waals surface area contributed by atoms with Crippen LogP contribution in [0.5, 0.6) is 0 Å². The zero-order valence-corrected chi connectivity index (χ0v) is 9.17. The summed E-state index contributed by atoms with van der Waals surface area (Å²) in [6, 6.07) is 0. The molecule has 12 heavy (non-hydrogen) atoms. The third-order valence-corrected chi connectivity index (χ3v) is 3.77. The Morgan fingerprint density at radius 3 is 2.42 bits per heavy atom. The van der Waals surface area contributed by atoms with Gasteiger partial charge in [-0.25, -0.2) is 0 Å². The van der Waals surface area contributed by atoms with Crippen molar-refractivity contribution in [2.24, 2.45) is 0 Å². The fourth-order valence-electron chi connectivity index (χ4n) is 1.58. The molecule has 0 bridgehead atoms. The van der Waals surface area contributed by atoms with E-state index in [-0.39, 0.29) is 18.9 Å². The predicted octanol–water partition coefficient (Wildman–Crippen LogP) is 0.671. The quantitative estimate of drug-likeness (QED) is 0.346. The normalized spacial score (nSPS) is 18.8. The van der Waals surface area contributed by atoms with E-state index in [1.807, 2.05) is 0 Å². The fourth-order valence-corrected chi connectivity index (χ4v) is 2.95. The molecule has 1 saturated carbocycles. The van der Waals surface area contributed by atoms with Crippen molar-refractivity contribution >= 4 is 11.8 Å². The Bertz CT molecular complexity index is 89.8. The van der Waals surface area contributed by atoms with Crippen LogP contribution >= 0.6 is 11.8 Å². The van der Waals surface area contributed by atoms with E-state index in [0.29, 0.717) is 0 Å². The molecule has 0 unspecified atom stereocenters. The first-order chi connectivity index (χ1) is 5.43. The molecule has 66 valence electrons. The Morgan fingerprint density at radius 1 is 1.17 bits per heavy atom. The molecule has 0 spiro atoms. The van der Waals surface area contributed by atoms with Crippen molar-refractivity contribution in [1.29, 1.82) is 0 Å². The van der Waals surface area contributed by atoms with Crippen molar-refractivity contribution in [2.75, 3.05) is 5.75 Å². The standard InChI is InChI=1S/C10H19S.Li/c1-2-3-9-11-10-7-5-4-6-8-10;/h10H,1-9H2;/q-1;+1. The molecule has 0 aliphatic heterocycles. The van der Waals surface area contributed by atoms with Crippen molar-refractivity contribution in [3.63, 3.8) is 0 Å². The average molecular weight is 178 g/mol. The van der Waals surface area contributed by atoms with Crippen LogP contribution in [0.1, 0.15) is 44.9 Å². The summed E-state index contributed by atoms with van der Waals surface area (Å²) in [6.45, 7) is 3.85. The summed E-state index contributed by atoms with van der Waals surface area (Å²) >= 11 is 2.18. The maximum atomic E-state index is 3.85. The van der Waals surface area contributed by atoms with Crippen molar-refractivity contribution in [2.45, 2.75) is 50.2 Å². The first kappa shape index (κ1) is 12.9. The van der Waals surface area contributed by atoms with Crippen molar-refractivity contribution in [1.82, 2.24) is 0 Å². The van der Waals surface area contributed by atoms with Gasteiger partial charge in [-0.2, -0.15) is 18.2 Å². The second kappa shape index (κ2) is 8.54. The molecule has 0 N–H and O–H groups in total. The van der Waals surface area contributed by atoms with E-state index in [0.717, 1.165) is 11.7 Å². The number of hydrogen-bond acceptors (Lipinski definition) is 1.